The van der Waals surface area contributed by atoms with Crippen molar-refractivity contribution in [3.05, 3.63) is 59.2 Å². The highest BCUT2D eigenvalue weighted by atomic mass is 19.4. The summed E-state index contributed by atoms with van der Waals surface area (Å²) in [5.74, 6) is -11.9. The second kappa shape index (κ2) is 6.65. The van der Waals surface area contributed by atoms with Gasteiger partial charge in [0.2, 0.25) is 11.7 Å². The molecular formula is C16H6F10. The Balaban J connectivity index is 2.95. The number of rotatable bonds is 2. The summed E-state index contributed by atoms with van der Waals surface area (Å²) in [5.41, 5.74) is -2.98. The molecule has 0 unspecified atom stereocenters. The first-order chi connectivity index (χ1) is 11.9. The fraction of sp³-hybridized carbons (Fsp3) is 0.125. The Morgan fingerprint density at radius 2 is 1.12 bits per heavy atom. The van der Waals surface area contributed by atoms with Gasteiger partial charge in [-0.2, -0.15) is 35.1 Å². The molecule has 0 N–H and O–H groups in total. The van der Waals surface area contributed by atoms with Crippen molar-refractivity contribution in [3.8, 4) is 0 Å². The van der Waals surface area contributed by atoms with E-state index in [1.807, 2.05) is 0 Å². The van der Waals surface area contributed by atoms with E-state index in [2.05, 4.69) is 0 Å². The summed E-state index contributed by atoms with van der Waals surface area (Å²) < 4.78 is 129. The monoisotopic (exact) mass is 388 g/mol. The minimum Gasteiger partial charge on any atom is -0.203 e. The Bertz CT molecular complexity index is 899. The lowest BCUT2D eigenvalue weighted by Crippen LogP contribution is -2.11. The molecule has 0 heterocycles. The van der Waals surface area contributed by atoms with Crippen molar-refractivity contribution in [2.75, 3.05) is 0 Å². The van der Waals surface area contributed by atoms with Crippen molar-refractivity contribution in [2.45, 2.75) is 12.4 Å². The molecular weight excluding hydrogens is 382 g/mol. The van der Waals surface area contributed by atoms with Gasteiger partial charge in [0.05, 0.1) is 0 Å². The summed E-state index contributed by atoms with van der Waals surface area (Å²) >= 11 is 0. The van der Waals surface area contributed by atoms with Gasteiger partial charge >= 0.3 is 12.4 Å². The topological polar surface area (TPSA) is 0 Å². The van der Waals surface area contributed by atoms with E-state index in [0.29, 0.717) is 6.07 Å². The fourth-order valence-electron chi connectivity index (χ4n) is 2.17. The average molecular weight is 388 g/mol. The summed E-state index contributed by atoms with van der Waals surface area (Å²) in [5, 5.41) is -0.566. The summed E-state index contributed by atoms with van der Waals surface area (Å²) in [7, 11) is 0. The molecule has 0 amide bonds. The highest BCUT2D eigenvalue weighted by Gasteiger charge is 2.41. The van der Waals surface area contributed by atoms with Crippen LogP contribution in [-0.4, -0.2) is 12.4 Å². The smallest absolute Gasteiger partial charge is 0.203 e. The predicted molar refractivity (Wildman–Crippen MR) is 74.3 cm³/mol. The average Bonchev–Trinajstić information content (AvgIpc) is 2.56. The van der Waals surface area contributed by atoms with E-state index >= 15 is 0 Å². The van der Waals surface area contributed by atoms with Crippen LogP contribution in [0.1, 0.15) is 11.1 Å². The van der Waals surface area contributed by atoms with Crippen LogP contribution in [0.4, 0.5) is 43.9 Å². The molecule has 0 aromatic heterocycles. The van der Waals surface area contributed by atoms with Crippen molar-refractivity contribution in [1.82, 2.24) is 0 Å². The van der Waals surface area contributed by atoms with Crippen LogP contribution in [0.5, 0.6) is 0 Å². The largest absolute Gasteiger partial charge is 0.445 e. The second-order valence-corrected chi connectivity index (χ2v) is 4.96. The summed E-state index contributed by atoms with van der Waals surface area (Å²) in [4.78, 5) is 0. The van der Waals surface area contributed by atoms with E-state index in [9.17, 15) is 43.9 Å². The van der Waals surface area contributed by atoms with E-state index in [4.69, 9.17) is 0 Å². The second-order valence-electron chi connectivity index (χ2n) is 4.96. The Morgan fingerprint density at radius 3 is 1.65 bits per heavy atom. The molecule has 0 radical (unpaired) electrons. The SMILES string of the molecule is F/C(=C(/F)C(F)(F)F)c1ccc2ccccc2c1/C(F)=C(\F)C(F)(F)F. The first-order valence-corrected chi connectivity index (χ1v) is 6.63. The molecule has 10 heteroatoms. The molecule has 0 aliphatic carbocycles. The Kier molecular flexibility index (Phi) is 5.07. The summed E-state index contributed by atoms with van der Waals surface area (Å²) in [6.45, 7) is 0. The molecule has 0 atom stereocenters. The molecule has 0 fully saturated rings. The van der Waals surface area contributed by atoms with Gasteiger partial charge in [-0.25, -0.2) is 8.78 Å². The van der Waals surface area contributed by atoms with E-state index < -0.39 is 52.2 Å². The number of halogens is 10. The highest BCUT2D eigenvalue weighted by Crippen LogP contribution is 2.42. The van der Waals surface area contributed by atoms with E-state index in [-0.39, 0.29) is 5.39 Å². The van der Waals surface area contributed by atoms with Crippen molar-refractivity contribution < 1.29 is 43.9 Å². The standard InChI is InChI=1S/C16H6F10/c17-11(13(19)15(21,22)23)9-6-5-7-3-1-2-4-8(7)10(9)12(18)14(20)16(24,25)26/h1-6H/b13-11+,14-12+. The van der Waals surface area contributed by atoms with Crippen LogP contribution in [0, 0.1) is 0 Å². The molecule has 0 saturated heterocycles. The zero-order valence-corrected chi connectivity index (χ0v) is 12.2. The summed E-state index contributed by atoms with van der Waals surface area (Å²) in [6, 6.07) is 5.99. The maximum absolute atomic E-state index is 14.1. The van der Waals surface area contributed by atoms with Crippen molar-refractivity contribution in [2.24, 2.45) is 0 Å². The molecule has 0 aliphatic rings. The molecule has 0 aliphatic heterocycles. The fourth-order valence-corrected chi connectivity index (χ4v) is 2.17. The van der Waals surface area contributed by atoms with Gasteiger partial charge in [0.1, 0.15) is 0 Å². The Morgan fingerprint density at radius 1 is 0.615 bits per heavy atom. The molecule has 0 nitrogen and oxygen atoms in total. The van der Waals surface area contributed by atoms with Gasteiger partial charge in [-0.15, -0.1) is 0 Å². The highest BCUT2D eigenvalue weighted by molar-refractivity contribution is 5.97. The van der Waals surface area contributed by atoms with Crippen molar-refractivity contribution in [3.63, 3.8) is 0 Å². The third-order valence-electron chi connectivity index (χ3n) is 3.27. The molecule has 0 spiro atoms. The van der Waals surface area contributed by atoms with Crippen molar-refractivity contribution in [1.29, 1.82) is 0 Å². The zero-order valence-electron chi connectivity index (χ0n) is 12.2. The van der Waals surface area contributed by atoms with Crippen LogP contribution in [0.2, 0.25) is 0 Å². The van der Waals surface area contributed by atoms with Gasteiger partial charge in [-0.1, -0.05) is 36.4 Å². The maximum Gasteiger partial charge on any atom is 0.445 e. The van der Waals surface area contributed by atoms with Crippen LogP contribution < -0.4 is 0 Å². The quantitative estimate of drug-likeness (QED) is 0.478. The Hall–Kier alpha value is -2.52. The number of benzene rings is 2. The minimum atomic E-state index is -5.82. The first kappa shape index (κ1) is 19.8. The first-order valence-electron chi connectivity index (χ1n) is 6.63. The lowest BCUT2D eigenvalue weighted by atomic mass is 9.96. The van der Waals surface area contributed by atoms with Crippen LogP contribution in [0.25, 0.3) is 22.4 Å². The van der Waals surface area contributed by atoms with Gasteiger partial charge in [-0.3, -0.25) is 0 Å². The van der Waals surface area contributed by atoms with Gasteiger partial charge < -0.3 is 0 Å². The molecule has 140 valence electrons. The van der Waals surface area contributed by atoms with Crippen LogP contribution in [0.15, 0.2) is 48.1 Å². The minimum absolute atomic E-state index is 0.0309. The number of hydrogen-bond donors (Lipinski definition) is 0. The lowest BCUT2D eigenvalue weighted by Gasteiger charge is -2.14. The lowest BCUT2D eigenvalue weighted by molar-refractivity contribution is -0.109. The summed E-state index contributed by atoms with van der Waals surface area (Å²) in [6.07, 6.45) is -11.6. The molecule has 0 saturated carbocycles. The Labute approximate surface area is 139 Å². The number of fused-ring (bicyclic) bond motifs is 1. The third kappa shape index (κ3) is 3.68. The molecule has 26 heavy (non-hydrogen) atoms. The van der Waals surface area contributed by atoms with Crippen LogP contribution in [0.3, 0.4) is 0 Å². The number of alkyl halides is 6. The molecule has 2 aromatic rings. The van der Waals surface area contributed by atoms with Crippen LogP contribution in [-0.2, 0) is 0 Å². The normalized spacial score (nSPS) is 15.0. The number of allylic oxidation sites excluding steroid dienone is 2. The third-order valence-corrected chi connectivity index (χ3v) is 3.27. The maximum atomic E-state index is 14.1. The van der Waals surface area contributed by atoms with E-state index in [1.54, 1.807) is 0 Å². The molecule has 2 aromatic carbocycles. The van der Waals surface area contributed by atoms with Gasteiger partial charge in [0.25, 0.3) is 0 Å². The van der Waals surface area contributed by atoms with E-state index in [1.165, 1.54) is 12.1 Å². The van der Waals surface area contributed by atoms with Gasteiger partial charge in [-0.05, 0) is 10.8 Å². The van der Waals surface area contributed by atoms with Gasteiger partial charge in [0.15, 0.2) is 11.7 Å². The van der Waals surface area contributed by atoms with E-state index in [0.717, 1.165) is 18.2 Å². The van der Waals surface area contributed by atoms with Crippen LogP contribution >= 0.6 is 0 Å². The number of hydrogen-bond acceptors (Lipinski definition) is 0. The van der Waals surface area contributed by atoms with Crippen molar-refractivity contribution >= 4 is 22.4 Å². The molecule has 0 bridgehead atoms. The van der Waals surface area contributed by atoms with Gasteiger partial charge in [0, 0.05) is 11.1 Å². The zero-order chi connectivity index (χ0) is 19.9. The molecule has 2 rings (SSSR count). The predicted octanol–water partition coefficient (Wildman–Crippen LogP) is 7.18.